The molecule has 0 aliphatic rings. The standard InChI is InChI=1S/C12H27N.CH3NO2/c1-2-3-4-5-6-7-8-9-10-11-12-13;2-1(3)4/h2-13H2,1H3;2H2,(H,3,4). The van der Waals surface area contributed by atoms with E-state index >= 15 is 0 Å². The quantitative estimate of drug-likeness (QED) is 0.515. The molecule has 17 heavy (non-hydrogen) atoms. The molecule has 0 aromatic rings. The van der Waals surface area contributed by atoms with Gasteiger partial charge in [0.2, 0.25) is 0 Å². The lowest BCUT2D eigenvalue weighted by atomic mass is 10.1. The van der Waals surface area contributed by atoms with Gasteiger partial charge in [-0.15, -0.1) is 0 Å². The van der Waals surface area contributed by atoms with E-state index in [4.69, 9.17) is 15.6 Å². The first-order valence-electron chi connectivity index (χ1n) is 6.83. The van der Waals surface area contributed by atoms with Gasteiger partial charge in [-0.1, -0.05) is 64.7 Å². The van der Waals surface area contributed by atoms with Gasteiger partial charge in [0.15, 0.2) is 0 Å². The maximum atomic E-state index is 8.78. The predicted molar refractivity (Wildman–Crippen MR) is 73.1 cm³/mol. The summed E-state index contributed by atoms with van der Waals surface area (Å²) in [6.45, 7) is 3.14. The monoisotopic (exact) mass is 246 g/mol. The van der Waals surface area contributed by atoms with E-state index in [1.54, 1.807) is 0 Å². The van der Waals surface area contributed by atoms with Crippen molar-refractivity contribution in [3.05, 3.63) is 0 Å². The van der Waals surface area contributed by atoms with Gasteiger partial charge in [0.25, 0.3) is 0 Å². The Balaban J connectivity index is 0. The summed E-state index contributed by atoms with van der Waals surface area (Å²) >= 11 is 0. The fourth-order valence-electron chi connectivity index (χ4n) is 1.63. The molecule has 0 saturated heterocycles. The second kappa shape index (κ2) is 17.6. The largest absolute Gasteiger partial charge is 0.465 e. The Morgan fingerprint density at radius 2 is 1.18 bits per heavy atom. The van der Waals surface area contributed by atoms with Gasteiger partial charge in [-0.3, -0.25) is 0 Å². The van der Waals surface area contributed by atoms with Crippen LogP contribution in [0.5, 0.6) is 0 Å². The zero-order valence-electron chi connectivity index (χ0n) is 11.3. The number of carboxylic acid groups (broad SMARTS) is 1. The number of hydrogen-bond donors (Lipinski definition) is 3. The summed E-state index contributed by atoms with van der Waals surface area (Å²) in [5, 5.41) is 7.19. The number of primary amides is 1. The second-order valence-corrected chi connectivity index (χ2v) is 4.31. The zero-order chi connectivity index (χ0) is 13.4. The Hall–Kier alpha value is -0.770. The van der Waals surface area contributed by atoms with Crippen LogP contribution >= 0.6 is 0 Å². The average Bonchev–Trinajstić information content (AvgIpc) is 2.26. The van der Waals surface area contributed by atoms with Crippen LogP contribution in [0.15, 0.2) is 0 Å². The summed E-state index contributed by atoms with van der Waals surface area (Å²) < 4.78 is 0. The predicted octanol–water partition coefficient (Wildman–Crippen LogP) is 3.49. The third-order valence-electron chi connectivity index (χ3n) is 2.56. The molecule has 4 heteroatoms. The van der Waals surface area contributed by atoms with Crippen LogP contribution in [0.1, 0.15) is 71.1 Å². The van der Waals surface area contributed by atoms with Gasteiger partial charge >= 0.3 is 6.09 Å². The molecular weight excluding hydrogens is 216 g/mol. The summed E-state index contributed by atoms with van der Waals surface area (Å²) in [6.07, 6.45) is 12.6. The van der Waals surface area contributed by atoms with Crippen LogP contribution in [-0.2, 0) is 0 Å². The van der Waals surface area contributed by atoms with Crippen LogP contribution in [0.2, 0.25) is 0 Å². The molecule has 0 aromatic carbocycles. The molecule has 0 aliphatic carbocycles. The normalized spacial score (nSPS) is 9.53. The van der Waals surface area contributed by atoms with Crippen molar-refractivity contribution in [2.45, 2.75) is 71.1 Å². The zero-order valence-corrected chi connectivity index (χ0v) is 11.3. The van der Waals surface area contributed by atoms with Crippen LogP contribution in [-0.4, -0.2) is 17.7 Å². The maximum absolute atomic E-state index is 8.78. The SMILES string of the molecule is CCCCCCCCCCCCN.NC(=O)O. The molecule has 1 amide bonds. The molecule has 0 radical (unpaired) electrons. The van der Waals surface area contributed by atoms with Gasteiger partial charge in [0.05, 0.1) is 0 Å². The van der Waals surface area contributed by atoms with Crippen molar-refractivity contribution < 1.29 is 9.90 Å². The van der Waals surface area contributed by atoms with E-state index in [1.807, 2.05) is 0 Å². The van der Waals surface area contributed by atoms with E-state index in [0.29, 0.717) is 0 Å². The number of carbonyl (C=O) groups is 1. The molecule has 0 rings (SSSR count). The van der Waals surface area contributed by atoms with Crippen molar-refractivity contribution in [3.63, 3.8) is 0 Å². The summed E-state index contributed by atoms with van der Waals surface area (Å²) in [5.41, 5.74) is 9.45. The summed E-state index contributed by atoms with van der Waals surface area (Å²) in [7, 11) is 0. The minimum Gasteiger partial charge on any atom is -0.465 e. The fourth-order valence-corrected chi connectivity index (χ4v) is 1.63. The molecular formula is C13H30N2O2. The van der Waals surface area contributed by atoms with Crippen LogP contribution in [0.3, 0.4) is 0 Å². The van der Waals surface area contributed by atoms with E-state index < -0.39 is 6.09 Å². The molecule has 0 spiro atoms. The Labute approximate surface area is 106 Å². The lowest BCUT2D eigenvalue weighted by Crippen LogP contribution is -2.03. The molecule has 0 atom stereocenters. The lowest BCUT2D eigenvalue weighted by molar-refractivity contribution is 0.205. The smallest absolute Gasteiger partial charge is 0.402 e. The molecule has 0 saturated carbocycles. The van der Waals surface area contributed by atoms with Gasteiger partial charge in [-0.25, -0.2) is 4.79 Å². The molecule has 5 N–H and O–H groups in total. The average molecular weight is 246 g/mol. The van der Waals surface area contributed by atoms with Crippen molar-refractivity contribution in [1.29, 1.82) is 0 Å². The molecule has 104 valence electrons. The Morgan fingerprint density at radius 1 is 0.882 bits per heavy atom. The number of hydrogen-bond acceptors (Lipinski definition) is 2. The number of amides is 1. The van der Waals surface area contributed by atoms with Gasteiger partial charge in [-0.2, -0.15) is 0 Å². The summed E-state index contributed by atoms with van der Waals surface area (Å²) in [5.74, 6) is 0. The van der Waals surface area contributed by atoms with Crippen molar-refractivity contribution >= 4 is 6.09 Å². The van der Waals surface area contributed by atoms with Crippen molar-refractivity contribution in [3.8, 4) is 0 Å². The van der Waals surface area contributed by atoms with Crippen LogP contribution in [0, 0.1) is 0 Å². The maximum Gasteiger partial charge on any atom is 0.402 e. The van der Waals surface area contributed by atoms with Crippen LogP contribution < -0.4 is 11.5 Å². The highest BCUT2D eigenvalue weighted by molar-refractivity contribution is 5.61. The lowest BCUT2D eigenvalue weighted by Gasteiger charge is -2.00. The van der Waals surface area contributed by atoms with Crippen LogP contribution in [0.25, 0.3) is 0 Å². The third kappa shape index (κ3) is 31.3. The van der Waals surface area contributed by atoms with E-state index in [1.165, 1.54) is 64.2 Å². The van der Waals surface area contributed by atoms with Gasteiger partial charge < -0.3 is 16.6 Å². The van der Waals surface area contributed by atoms with Gasteiger partial charge in [0, 0.05) is 0 Å². The van der Waals surface area contributed by atoms with E-state index in [0.717, 1.165) is 6.54 Å². The molecule has 0 aromatic heterocycles. The van der Waals surface area contributed by atoms with Crippen molar-refractivity contribution in [1.82, 2.24) is 0 Å². The number of nitrogens with two attached hydrogens (primary N) is 2. The van der Waals surface area contributed by atoms with Gasteiger partial charge in [0.1, 0.15) is 0 Å². The van der Waals surface area contributed by atoms with Crippen molar-refractivity contribution in [2.75, 3.05) is 6.54 Å². The molecule has 0 bridgehead atoms. The fraction of sp³-hybridized carbons (Fsp3) is 0.923. The molecule has 0 heterocycles. The highest BCUT2D eigenvalue weighted by Crippen LogP contribution is 2.09. The topological polar surface area (TPSA) is 89.3 Å². The molecule has 4 nitrogen and oxygen atoms in total. The summed E-state index contributed by atoms with van der Waals surface area (Å²) in [4.78, 5) is 8.78. The second-order valence-electron chi connectivity index (χ2n) is 4.31. The number of rotatable bonds is 10. The first-order chi connectivity index (χ1) is 8.15. The first-order valence-corrected chi connectivity index (χ1v) is 6.83. The first kappa shape index (κ1) is 18.6. The Kier molecular flexibility index (Phi) is 19.3. The molecule has 0 unspecified atom stereocenters. The summed E-state index contributed by atoms with van der Waals surface area (Å²) in [6, 6.07) is 0. The highest BCUT2D eigenvalue weighted by Gasteiger charge is 1.91. The minimum atomic E-state index is -1.33. The van der Waals surface area contributed by atoms with Crippen LogP contribution in [0.4, 0.5) is 4.79 Å². The van der Waals surface area contributed by atoms with E-state index in [9.17, 15) is 0 Å². The number of unbranched alkanes of at least 4 members (excludes halogenated alkanes) is 9. The Bertz CT molecular complexity index is 138. The minimum absolute atomic E-state index is 0.872. The van der Waals surface area contributed by atoms with Gasteiger partial charge in [-0.05, 0) is 13.0 Å². The van der Waals surface area contributed by atoms with E-state index in [-0.39, 0.29) is 0 Å². The third-order valence-corrected chi connectivity index (χ3v) is 2.56. The van der Waals surface area contributed by atoms with Crippen molar-refractivity contribution in [2.24, 2.45) is 11.5 Å². The molecule has 0 fully saturated rings. The molecule has 0 aliphatic heterocycles. The highest BCUT2D eigenvalue weighted by atomic mass is 16.4. The Morgan fingerprint density at radius 3 is 1.47 bits per heavy atom. The van der Waals surface area contributed by atoms with E-state index in [2.05, 4.69) is 12.7 Å².